The van der Waals surface area contributed by atoms with Crippen LogP contribution in [0.4, 0.5) is 0 Å². The summed E-state index contributed by atoms with van der Waals surface area (Å²) in [5.74, 6) is 0. The molecule has 1 N–H and O–H groups in total. The summed E-state index contributed by atoms with van der Waals surface area (Å²) in [5, 5.41) is 6.78. The fourth-order valence-corrected chi connectivity index (χ4v) is 2.05. The third-order valence-electron chi connectivity index (χ3n) is 2.29. The summed E-state index contributed by atoms with van der Waals surface area (Å²) in [7, 11) is 0. The van der Waals surface area contributed by atoms with Gasteiger partial charge >= 0.3 is 0 Å². The molecule has 74 valence electrons. The Morgan fingerprint density at radius 2 is 2.15 bits per heavy atom. The molecule has 0 spiro atoms. The molecule has 0 unspecified atom stereocenters. The van der Waals surface area contributed by atoms with Crippen LogP contribution in [-0.4, -0.2) is 11.0 Å². The van der Waals surface area contributed by atoms with Crippen molar-refractivity contribution in [2.24, 2.45) is 0 Å². The van der Waals surface area contributed by atoms with Crippen molar-refractivity contribution < 1.29 is 0 Å². The summed E-state index contributed by atoms with van der Waals surface area (Å²) < 4.78 is 0. The summed E-state index contributed by atoms with van der Waals surface area (Å²) in [4.78, 5) is 4.29. The first-order chi connectivity index (χ1) is 6.27. The number of hydrogen-bond acceptors (Lipinski definition) is 3. The van der Waals surface area contributed by atoms with Crippen LogP contribution in [0.3, 0.4) is 0 Å². The molecule has 0 aromatic carbocycles. The lowest BCUT2D eigenvalue weighted by Crippen LogP contribution is -2.30. The Hall–Kier alpha value is -0.410. The van der Waals surface area contributed by atoms with Gasteiger partial charge in [-0.1, -0.05) is 13.8 Å². The average molecular weight is 198 g/mol. The summed E-state index contributed by atoms with van der Waals surface area (Å²) in [6.07, 6.45) is 4.24. The molecular formula is C10H18N2S. The van der Waals surface area contributed by atoms with Crippen LogP contribution in [0, 0.1) is 0 Å². The Labute approximate surface area is 84.4 Å². The quantitative estimate of drug-likeness (QED) is 0.786. The van der Waals surface area contributed by atoms with E-state index >= 15 is 0 Å². The number of aromatic nitrogens is 1. The molecule has 1 heterocycles. The third-order valence-corrected chi connectivity index (χ3v) is 3.25. The molecule has 0 saturated carbocycles. The zero-order valence-electron chi connectivity index (χ0n) is 8.58. The van der Waals surface area contributed by atoms with Crippen molar-refractivity contribution in [1.29, 1.82) is 0 Å². The molecule has 3 heteroatoms. The topological polar surface area (TPSA) is 24.9 Å². The second-order valence-electron chi connectivity index (χ2n) is 3.27. The zero-order chi connectivity index (χ0) is 9.68. The van der Waals surface area contributed by atoms with Crippen LogP contribution in [0.1, 0.15) is 44.7 Å². The maximum Gasteiger partial charge on any atom is 0.109 e. The van der Waals surface area contributed by atoms with Crippen molar-refractivity contribution in [3.8, 4) is 0 Å². The van der Waals surface area contributed by atoms with Crippen LogP contribution in [0.5, 0.6) is 0 Å². The Morgan fingerprint density at radius 3 is 2.62 bits per heavy atom. The van der Waals surface area contributed by atoms with Crippen LogP contribution in [-0.2, 0) is 0 Å². The van der Waals surface area contributed by atoms with Gasteiger partial charge in [0.05, 0.1) is 6.04 Å². The van der Waals surface area contributed by atoms with E-state index in [0.29, 0.717) is 12.1 Å². The molecule has 0 aliphatic heterocycles. The second kappa shape index (κ2) is 5.35. The van der Waals surface area contributed by atoms with E-state index < -0.39 is 0 Å². The van der Waals surface area contributed by atoms with E-state index in [1.807, 2.05) is 11.6 Å². The highest BCUT2D eigenvalue weighted by Gasteiger charge is 2.11. The SMILES string of the molecule is CCC(CC)N[C@@H](C)c1nccs1. The molecule has 1 atom stereocenters. The average Bonchev–Trinajstić information content (AvgIpc) is 2.66. The minimum atomic E-state index is 0.393. The minimum absolute atomic E-state index is 0.393. The van der Waals surface area contributed by atoms with Gasteiger partial charge in [0.1, 0.15) is 5.01 Å². The Balaban J connectivity index is 2.45. The normalized spacial score (nSPS) is 13.5. The van der Waals surface area contributed by atoms with Crippen molar-refractivity contribution in [2.45, 2.75) is 45.7 Å². The predicted molar refractivity (Wildman–Crippen MR) is 58.0 cm³/mol. The first kappa shape index (κ1) is 10.7. The fourth-order valence-electron chi connectivity index (χ4n) is 1.40. The summed E-state index contributed by atoms with van der Waals surface area (Å²) in [6, 6.07) is 1.02. The molecule has 1 aromatic heterocycles. The van der Waals surface area contributed by atoms with Crippen LogP contribution < -0.4 is 5.32 Å². The molecule has 0 amide bonds. The number of nitrogens with zero attached hydrogens (tertiary/aromatic N) is 1. The van der Waals surface area contributed by atoms with Crippen molar-refractivity contribution in [1.82, 2.24) is 10.3 Å². The van der Waals surface area contributed by atoms with Crippen molar-refractivity contribution in [3.05, 3.63) is 16.6 Å². The number of hydrogen-bond donors (Lipinski definition) is 1. The maximum absolute atomic E-state index is 4.29. The zero-order valence-corrected chi connectivity index (χ0v) is 9.40. The Bertz CT molecular complexity index is 217. The molecule has 2 nitrogen and oxygen atoms in total. The van der Waals surface area contributed by atoms with E-state index in [0.717, 1.165) is 0 Å². The first-order valence-corrected chi connectivity index (χ1v) is 5.81. The molecule has 1 aromatic rings. The van der Waals surface area contributed by atoms with E-state index in [1.165, 1.54) is 17.8 Å². The summed E-state index contributed by atoms with van der Waals surface area (Å²) >= 11 is 1.72. The van der Waals surface area contributed by atoms with Crippen LogP contribution in [0.15, 0.2) is 11.6 Å². The largest absolute Gasteiger partial charge is 0.305 e. The van der Waals surface area contributed by atoms with E-state index in [1.54, 1.807) is 11.3 Å². The summed E-state index contributed by atoms with van der Waals surface area (Å²) in [6.45, 7) is 6.61. The van der Waals surface area contributed by atoms with Gasteiger partial charge < -0.3 is 5.32 Å². The molecule has 0 radical (unpaired) electrons. The Kier molecular flexibility index (Phi) is 4.39. The third kappa shape index (κ3) is 3.08. The lowest BCUT2D eigenvalue weighted by atomic mass is 10.1. The van der Waals surface area contributed by atoms with Crippen molar-refractivity contribution in [2.75, 3.05) is 0 Å². The van der Waals surface area contributed by atoms with Gasteiger partial charge in [-0.3, -0.25) is 0 Å². The molecular weight excluding hydrogens is 180 g/mol. The molecule has 0 saturated heterocycles. The monoisotopic (exact) mass is 198 g/mol. The van der Waals surface area contributed by atoms with E-state index in [2.05, 4.69) is 31.1 Å². The first-order valence-electron chi connectivity index (χ1n) is 4.93. The van der Waals surface area contributed by atoms with Crippen LogP contribution in [0.25, 0.3) is 0 Å². The highest BCUT2D eigenvalue weighted by atomic mass is 32.1. The van der Waals surface area contributed by atoms with Gasteiger partial charge in [0.25, 0.3) is 0 Å². The van der Waals surface area contributed by atoms with Gasteiger partial charge in [-0.15, -0.1) is 11.3 Å². The maximum atomic E-state index is 4.29. The molecule has 0 bridgehead atoms. The Morgan fingerprint density at radius 1 is 1.46 bits per heavy atom. The molecule has 1 rings (SSSR count). The predicted octanol–water partition coefficient (Wildman–Crippen LogP) is 2.98. The highest BCUT2D eigenvalue weighted by Crippen LogP contribution is 2.16. The molecule has 0 aliphatic carbocycles. The second-order valence-corrected chi connectivity index (χ2v) is 4.20. The van der Waals surface area contributed by atoms with Gasteiger partial charge in [0, 0.05) is 17.6 Å². The highest BCUT2D eigenvalue weighted by molar-refractivity contribution is 7.09. The van der Waals surface area contributed by atoms with Gasteiger partial charge in [-0.05, 0) is 19.8 Å². The van der Waals surface area contributed by atoms with Gasteiger partial charge in [-0.25, -0.2) is 4.98 Å². The number of rotatable bonds is 5. The minimum Gasteiger partial charge on any atom is -0.305 e. The van der Waals surface area contributed by atoms with E-state index in [9.17, 15) is 0 Å². The number of thiazole rings is 1. The van der Waals surface area contributed by atoms with E-state index in [4.69, 9.17) is 0 Å². The van der Waals surface area contributed by atoms with Gasteiger partial charge in [-0.2, -0.15) is 0 Å². The van der Waals surface area contributed by atoms with Crippen molar-refractivity contribution >= 4 is 11.3 Å². The molecule has 13 heavy (non-hydrogen) atoms. The molecule has 0 fully saturated rings. The fraction of sp³-hybridized carbons (Fsp3) is 0.700. The lowest BCUT2D eigenvalue weighted by molar-refractivity contribution is 0.431. The lowest BCUT2D eigenvalue weighted by Gasteiger charge is -2.19. The standard InChI is InChI=1S/C10H18N2S/c1-4-9(5-2)12-8(3)10-11-6-7-13-10/h6-9,12H,4-5H2,1-3H3/t8-/m0/s1. The van der Waals surface area contributed by atoms with Crippen LogP contribution in [0.2, 0.25) is 0 Å². The van der Waals surface area contributed by atoms with Crippen molar-refractivity contribution in [3.63, 3.8) is 0 Å². The summed E-state index contributed by atoms with van der Waals surface area (Å²) in [5.41, 5.74) is 0. The smallest absolute Gasteiger partial charge is 0.109 e. The molecule has 0 aliphatic rings. The van der Waals surface area contributed by atoms with Crippen LogP contribution >= 0.6 is 11.3 Å². The van der Waals surface area contributed by atoms with Gasteiger partial charge in [0.15, 0.2) is 0 Å². The number of nitrogens with one attached hydrogen (secondary N) is 1. The van der Waals surface area contributed by atoms with Gasteiger partial charge in [0.2, 0.25) is 0 Å². The van der Waals surface area contributed by atoms with E-state index in [-0.39, 0.29) is 0 Å².